The summed E-state index contributed by atoms with van der Waals surface area (Å²) >= 11 is 0. The summed E-state index contributed by atoms with van der Waals surface area (Å²) in [4.78, 5) is 37.3. The molecule has 0 radical (unpaired) electrons. The van der Waals surface area contributed by atoms with Gasteiger partial charge in [-0.1, -0.05) is 43.7 Å². The molecule has 0 saturated carbocycles. The summed E-state index contributed by atoms with van der Waals surface area (Å²) in [5.41, 5.74) is 1.13. The van der Waals surface area contributed by atoms with Gasteiger partial charge in [-0.15, -0.1) is 0 Å². The average molecular weight is 470 g/mol. The van der Waals surface area contributed by atoms with Crippen molar-refractivity contribution in [3.63, 3.8) is 0 Å². The maximum atomic E-state index is 12.6. The molecule has 0 aromatic heterocycles. The Balaban J connectivity index is 1.70. The number of nitrogens with zero attached hydrogens (tertiary/aromatic N) is 1. The second kappa shape index (κ2) is 12.9. The quantitative estimate of drug-likeness (QED) is 0.271. The van der Waals surface area contributed by atoms with Crippen LogP contribution in [0.3, 0.4) is 0 Å². The number of hydrogen-bond acceptors (Lipinski definition) is 7. The summed E-state index contributed by atoms with van der Waals surface area (Å²) < 4.78 is 17.4. The van der Waals surface area contributed by atoms with Crippen molar-refractivity contribution in [2.45, 2.75) is 38.8 Å². The molecule has 1 saturated heterocycles. The third-order valence-corrected chi connectivity index (χ3v) is 5.63. The highest BCUT2D eigenvalue weighted by atomic mass is 16.5. The van der Waals surface area contributed by atoms with E-state index in [1.807, 2.05) is 30.3 Å². The van der Waals surface area contributed by atoms with Crippen LogP contribution in [0.4, 0.5) is 0 Å². The van der Waals surface area contributed by atoms with Crippen LogP contribution in [0.1, 0.15) is 42.1 Å². The third-order valence-electron chi connectivity index (χ3n) is 5.63. The van der Waals surface area contributed by atoms with Crippen LogP contribution >= 0.6 is 0 Å². The topological polar surface area (TPSA) is 102 Å². The number of carboxylic acids is 1. The van der Waals surface area contributed by atoms with Crippen LogP contribution < -0.4 is 9.47 Å². The van der Waals surface area contributed by atoms with E-state index in [0.29, 0.717) is 50.5 Å². The summed E-state index contributed by atoms with van der Waals surface area (Å²) in [6.07, 6.45) is 1.41. The minimum Gasteiger partial charge on any atom is -0.492 e. The molecule has 0 amide bonds. The van der Waals surface area contributed by atoms with Gasteiger partial charge in [-0.2, -0.15) is 0 Å². The lowest BCUT2D eigenvalue weighted by Gasteiger charge is -2.35. The van der Waals surface area contributed by atoms with Crippen molar-refractivity contribution in [1.82, 2.24) is 4.90 Å². The SMILES string of the molecule is CCCC1COCCN1CCOc1cc(OCc2ccccc2)cc(C(=O)CC(=O)C(=O)O)c1. The minimum atomic E-state index is -1.63. The number of carbonyl (C=O) groups is 3. The van der Waals surface area contributed by atoms with E-state index in [9.17, 15) is 14.4 Å². The van der Waals surface area contributed by atoms with Crippen molar-refractivity contribution < 1.29 is 33.7 Å². The number of ether oxygens (including phenoxy) is 3. The molecule has 182 valence electrons. The van der Waals surface area contributed by atoms with Gasteiger partial charge in [0.2, 0.25) is 5.78 Å². The van der Waals surface area contributed by atoms with Gasteiger partial charge >= 0.3 is 5.97 Å². The lowest BCUT2D eigenvalue weighted by atomic mass is 10.1. The Kier molecular flexibility index (Phi) is 9.61. The van der Waals surface area contributed by atoms with Crippen molar-refractivity contribution in [3.05, 3.63) is 59.7 Å². The second-order valence-electron chi connectivity index (χ2n) is 8.20. The van der Waals surface area contributed by atoms with Gasteiger partial charge in [0.15, 0.2) is 5.78 Å². The molecule has 1 heterocycles. The fraction of sp³-hybridized carbons (Fsp3) is 0.423. The molecule has 34 heavy (non-hydrogen) atoms. The number of morpholine rings is 1. The first kappa shape index (κ1) is 25.4. The molecule has 1 unspecified atom stereocenters. The summed E-state index contributed by atoms with van der Waals surface area (Å²) in [5, 5.41) is 8.83. The Morgan fingerprint density at radius 3 is 2.53 bits per heavy atom. The summed E-state index contributed by atoms with van der Waals surface area (Å²) in [5.74, 6) is -2.55. The van der Waals surface area contributed by atoms with Crippen LogP contribution in [-0.2, 0) is 20.9 Å². The van der Waals surface area contributed by atoms with Gasteiger partial charge in [0.25, 0.3) is 0 Å². The van der Waals surface area contributed by atoms with Crippen LogP contribution in [0.5, 0.6) is 11.5 Å². The molecular formula is C26H31NO7. The van der Waals surface area contributed by atoms with Gasteiger partial charge in [0.05, 0.1) is 19.6 Å². The van der Waals surface area contributed by atoms with E-state index in [2.05, 4.69) is 11.8 Å². The van der Waals surface area contributed by atoms with Gasteiger partial charge in [-0.05, 0) is 24.1 Å². The lowest BCUT2D eigenvalue weighted by Crippen LogP contribution is -2.46. The first-order valence-electron chi connectivity index (χ1n) is 11.5. The zero-order chi connectivity index (χ0) is 24.3. The number of benzene rings is 2. The highest BCUT2D eigenvalue weighted by Crippen LogP contribution is 2.25. The van der Waals surface area contributed by atoms with Gasteiger partial charge in [-0.3, -0.25) is 14.5 Å². The number of carboxylic acid groups (broad SMARTS) is 1. The predicted molar refractivity (Wildman–Crippen MR) is 125 cm³/mol. The van der Waals surface area contributed by atoms with Crippen LogP contribution in [0.25, 0.3) is 0 Å². The number of aliphatic carboxylic acids is 1. The van der Waals surface area contributed by atoms with E-state index < -0.39 is 24.0 Å². The van der Waals surface area contributed by atoms with Crippen molar-refractivity contribution in [2.24, 2.45) is 0 Å². The molecule has 8 heteroatoms. The van der Waals surface area contributed by atoms with E-state index in [0.717, 1.165) is 24.9 Å². The van der Waals surface area contributed by atoms with Gasteiger partial charge in [-0.25, -0.2) is 4.79 Å². The van der Waals surface area contributed by atoms with Crippen LogP contribution in [0.15, 0.2) is 48.5 Å². The van der Waals surface area contributed by atoms with Crippen LogP contribution in [0, 0.1) is 0 Å². The maximum Gasteiger partial charge on any atom is 0.372 e. The normalized spacial score (nSPS) is 16.1. The Bertz CT molecular complexity index is 974. The van der Waals surface area contributed by atoms with Gasteiger partial charge < -0.3 is 19.3 Å². The first-order chi connectivity index (χ1) is 16.5. The molecule has 1 N–H and O–H groups in total. The van der Waals surface area contributed by atoms with Crippen LogP contribution in [0.2, 0.25) is 0 Å². The van der Waals surface area contributed by atoms with Gasteiger partial charge in [0.1, 0.15) is 24.7 Å². The molecule has 3 rings (SSSR count). The molecule has 0 spiro atoms. The number of rotatable bonds is 13. The monoisotopic (exact) mass is 469 g/mol. The Morgan fingerprint density at radius 1 is 1.09 bits per heavy atom. The molecule has 2 aromatic rings. The van der Waals surface area contributed by atoms with Gasteiger partial charge in [0, 0.05) is 30.8 Å². The van der Waals surface area contributed by atoms with Crippen molar-refractivity contribution in [3.8, 4) is 11.5 Å². The maximum absolute atomic E-state index is 12.6. The summed E-state index contributed by atoms with van der Waals surface area (Å²) in [7, 11) is 0. The zero-order valence-corrected chi connectivity index (χ0v) is 19.4. The van der Waals surface area contributed by atoms with Crippen molar-refractivity contribution in [2.75, 3.05) is 32.9 Å². The highest BCUT2D eigenvalue weighted by molar-refractivity contribution is 6.37. The minimum absolute atomic E-state index is 0.172. The predicted octanol–water partition coefficient (Wildman–Crippen LogP) is 3.37. The number of ketones is 2. The van der Waals surface area contributed by atoms with E-state index in [1.54, 1.807) is 6.07 Å². The Hall–Kier alpha value is -3.23. The molecule has 1 aliphatic heterocycles. The number of Topliss-reactive ketones (excluding diaryl/α,β-unsaturated/α-hetero) is 2. The number of carbonyl (C=O) groups excluding carboxylic acids is 2. The average Bonchev–Trinajstić information content (AvgIpc) is 2.84. The molecule has 0 aliphatic carbocycles. The lowest BCUT2D eigenvalue weighted by molar-refractivity contribution is -0.148. The molecule has 1 fully saturated rings. The first-order valence-corrected chi connectivity index (χ1v) is 11.5. The Morgan fingerprint density at radius 2 is 1.82 bits per heavy atom. The highest BCUT2D eigenvalue weighted by Gasteiger charge is 2.22. The van der Waals surface area contributed by atoms with E-state index in [1.165, 1.54) is 12.1 Å². The summed E-state index contributed by atoms with van der Waals surface area (Å²) in [6, 6.07) is 14.7. The molecule has 8 nitrogen and oxygen atoms in total. The molecule has 1 aliphatic rings. The van der Waals surface area contributed by atoms with Crippen molar-refractivity contribution >= 4 is 17.5 Å². The van der Waals surface area contributed by atoms with E-state index in [4.69, 9.17) is 19.3 Å². The zero-order valence-electron chi connectivity index (χ0n) is 19.4. The standard InChI is InChI=1S/C26H31NO7/c1-2-6-21-18-32-11-9-27(21)10-12-33-22-13-20(24(28)16-25(29)26(30)31)14-23(15-22)34-17-19-7-4-3-5-8-19/h3-5,7-8,13-15,21H,2,6,9-12,16-18H2,1H3,(H,30,31). The molecule has 2 aromatic carbocycles. The molecule has 0 bridgehead atoms. The molecular weight excluding hydrogens is 438 g/mol. The third kappa shape index (κ3) is 7.67. The Labute approximate surface area is 199 Å². The van der Waals surface area contributed by atoms with Crippen molar-refractivity contribution in [1.29, 1.82) is 0 Å². The fourth-order valence-corrected chi connectivity index (χ4v) is 3.83. The van der Waals surface area contributed by atoms with E-state index in [-0.39, 0.29) is 5.56 Å². The second-order valence-corrected chi connectivity index (χ2v) is 8.20. The van der Waals surface area contributed by atoms with E-state index >= 15 is 0 Å². The van der Waals surface area contributed by atoms with Crippen LogP contribution in [-0.4, -0.2) is 66.5 Å². The number of hydrogen-bond donors (Lipinski definition) is 1. The molecule has 1 atom stereocenters. The largest absolute Gasteiger partial charge is 0.492 e. The smallest absolute Gasteiger partial charge is 0.372 e. The summed E-state index contributed by atoms with van der Waals surface area (Å²) in [6.45, 7) is 5.81. The fourth-order valence-electron chi connectivity index (χ4n) is 3.83.